The molecule has 0 spiro atoms. The van der Waals surface area contributed by atoms with Crippen LogP contribution in [0, 0.1) is 0 Å². The van der Waals surface area contributed by atoms with Gasteiger partial charge in [0.15, 0.2) is 17.7 Å². The van der Waals surface area contributed by atoms with E-state index in [2.05, 4.69) is 15.0 Å². The molecule has 78 valence electrons. The highest BCUT2D eigenvalue weighted by Crippen LogP contribution is 2.11. The van der Waals surface area contributed by atoms with E-state index in [0.717, 1.165) is 0 Å². The van der Waals surface area contributed by atoms with Gasteiger partial charge in [0.05, 0.1) is 0 Å². The zero-order valence-corrected chi connectivity index (χ0v) is 8.35. The number of nitrogen functional groups attached to an aromatic ring is 1. The fraction of sp³-hybridized carbons (Fsp3) is 0. The summed E-state index contributed by atoms with van der Waals surface area (Å²) in [6, 6.07) is 5.80. The molecule has 3 rings (SSSR count). The van der Waals surface area contributed by atoms with Gasteiger partial charge >= 0.3 is 0 Å². The van der Waals surface area contributed by atoms with Gasteiger partial charge in [-0.25, -0.2) is 15.0 Å². The molecule has 3 aromatic heterocycles. The first-order chi connectivity index (χ1) is 7.86. The lowest BCUT2D eigenvalue weighted by atomic mass is 10.5. The smallest absolute Gasteiger partial charge is 0.226 e. The lowest BCUT2D eigenvalue weighted by Crippen LogP contribution is -2.40. The molecular weight excluding hydrogens is 204 g/mol. The van der Waals surface area contributed by atoms with Gasteiger partial charge in [-0.05, 0) is 0 Å². The molecular formula is C10H9N6+. The van der Waals surface area contributed by atoms with Gasteiger partial charge in [0.1, 0.15) is 6.33 Å². The Hall–Kier alpha value is -2.50. The van der Waals surface area contributed by atoms with Crippen molar-refractivity contribution in [3.05, 3.63) is 43.2 Å². The third kappa shape index (κ3) is 1.20. The number of nitrogens with two attached hydrogens (primary N) is 1. The van der Waals surface area contributed by atoms with Crippen molar-refractivity contribution in [2.75, 3.05) is 5.73 Å². The summed E-state index contributed by atoms with van der Waals surface area (Å²) in [5.41, 5.74) is 7.01. The zero-order chi connectivity index (χ0) is 11.0. The third-order valence-corrected chi connectivity index (χ3v) is 2.29. The Morgan fingerprint density at radius 2 is 1.88 bits per heavy atom. The maximum Gasteiger partial charge on any atom is 0.226 e. The predicted octanol–water partition coefficient (Wildman–Crippen LogP) is 0.00740. The fourth-order valence-electron chi connectivity index (χ4n) is 1.54. The molecule has 2 N–H and O–H groups in total. The van der Waals surface area contributed by atoms with Crippen LogP contribution in [0.5, 0.6) is 0 Å². The Morgan fingerprint density at radius 1 is 1.06 bits per heavy atom. The summed E-state index contributed by atoms with van der Waals surface area (Å²) >= 11 is 0. The van der Waals surface area contributed by atoms with E-state index in [1.54, 1.807) is 11.0 Å². The van der Waals surface area contributed by atoms with E-state index in [4.69, 9.17) is 5.73 Å². The highest BCUT2D eigenvalue weighted by atomic mass is 15.5. The second kappa shape index (κ2) is 3.27. The summed E-state index contributed by atoms with van der Waals surface area (Å²) in [7, 11) is 0. The molecule has 6 nitrogen and oxygen atoms in total. The van der Waals surface area contributed by atoms with E-state index < -0.39 is 0 Å². The largest absolute Gasteiger partial charge is 0.382 e. The average Bonchev–Trinajstić information content (AvgIpc) is 2.75. The zero-order valence-electron chi connectivity index (χ0n) is 8.35. The monoisotopic (exact) mass is 213 g/mol. The van der Waals surface area contributed by atoms with Crippen molar-refractivity contribution < 1.29 is 4.68 Å². The Balaban J connectivity index is 2.30. The van der Waals surface area contributed by atoms with Crippen LogP contribution in [-0.4, -0.2) is 19.6 Å². The lowest BCUT2D eigenvalue weighted by Gasteiger charge is -1.95. The summed E-state index contributed by atoms with van der Waals surface area (Å²) in [4.78, 5) is 12.2. The van der Waals surface area contributed by atoms with Gasteiger partial charge in [-0.3, -0.25) is 0 Å². The van der Waals surface area contributed by atoms with Crippen molar-refractivity contribution in [3.63, 3.8) is 0 Å². The number of aromatic nitrogens is 5. The topological polar surface area (TPSA) is 73.5 Å². The average molecular weight is 213 g/mol. The summed E-state index contributed by atoms with van der Waals surface area (Å²) in [5.74, 6) is 0.389. The number of anilines is 1. The van der Waals surface area contributed by atoms with Crippen molar-refractivity contribution in [2.45, 2.75) is 0 Å². The number of pyridine rings is 1. The first kappa shape index (κ1) is 8.78. The number of imidazole rings is 1. The number of nitrogens with zero attached hydrogens (tertiary/aromatic N) is 5. The van der Waals surface area contributed by atoms with Crippen molar-refractivity contribution >= 4 is 17.0 Å². The van der Waals surface area contributed by atoms with E-state index in [1.807, 2.05) is 35.3 Å². The van der Waals surface area contributed by atoms with Crippen LogP contribution in [0.2, 0.25) is 0 Å². The van der Waals surface area contributed by atoms with Crippen LogP contribution in [0.1, 0.15) is 0 Å². The van der Waals surface area contributed by atoms with E-state index in [0.29, 0.717) is 17.0 Å². The van der Waals surface area contributed by atoms with E-state index in [-0.39, 0.29) is 0 Å². The molecule has 3 aromatic rings. The summed E-state index contributed by atoms with van der Waals surface area (Å²) < 4.78 is 3.66. The Labute approximate surface area is 91.0 Å². The van der Waals surface area contributed by atoms with Crippen molar-refractivity contribution in [1.29, 1.82) is 0 Å². The molecule has 0 bridgehead atoms. The van der Waals surface area contributed by atoms with Gasteiger partial charge < -0.3 is 5.73 Å². The molecule has 0 amide bonds. The molecule has 0 unspecified atom stereocenters. The number of hydrogen-bond donors (Lipinski definition) is 1. The molecule has 0 aromatic carbocycles. The molecule has 6 heteroatoms. The fourth-order valence-corrected chi connectivity index (χ4v) is 1.54. The molecule has 0 atom stereocenters. The SMILES string of the molecule is Nc1ncnc2c1ncn2-[n+]1ccccc1. The van der Waals surface area contributed by atoms with Gasteiger partial charge in [-0.15, -0.1) is 0 Å². The highest BCUT2D eigenvalue weighted by Gasteiger charge is 2.12. The molecule has 0 saturated carbocycles. The first-order valence-corrected chi connectivity index (χ1v) is 4.77. The maximum atomic E-state index is 5.71. The van der Waals surface area contributed by atoms with Crippen LogP contribution in [0.3, 0.4) is 0 Å². The minimum Gasteiger partial charge on any atom is -0.382 e. The molecule has 0 aliphatic carbocycles. The van der Waals surface area contributed by atoms with Crippen molar-refractivity contribution in [2.24, 2.45) is 0 Å². The Kier molecular flexibility index (Phi) is 1.79. The van der Waals surface area contributed by atoms with Crippen LogP contribution in [0.25, 0.3) is 11.2 Å². The second-order valence-electron chi connectivity index (χ2n) is 3.28. The van der Waals surface area contributed by atoms with Crippen LogP contribution in [0.4, 0.5) is 5.82 Å². The van der Waals surface area contributed by atoms with E-state index in [1.165, 1.54) is 6.33 Å². The molecule has 0 aliphatic heterocycles. The van der Waals surface area contributed by atoms with Crippen LogP contribution >= 0.6 is 0 Å². The number of hydrogen-bond acceptors (Lipinski definition) is 4. The molecule has 0 aliphatic rings. The number of rotatable bonds is 1. The Morgan fingerprint density at radius 3 is 2.69 bits per heavy atom. The minimum absolute atomic E-state index is 0.389. The minimum atomic E-state index is 0.389. The van der Waals surface area contributed by atoms with Crippen LogP contribution in [0.15, 0.2) is 43.2 Å². The molecule has 0 saturated heterocycles. The summed E-state index contributed by atoms with van der Waals surface area (Å²) in [5, 5.41) is 0. The van der Waals surface area contributed by atoms with E-state index >= 15 is 0 Å². The maximum absolute atomic E-state index is 5.71. The second-order valence-corrected chi connectivity index (χ2v) is 3.28. The molecule has 0 radical (unpaired) electrons. The van der Waals surface area contributed by atoms with Gasteiger partial charge in [0.2, 0.25) is 18.0 Å². The highest BCUT2D eigenvalue weighted by molar-refractivity contribution is 5.80. The normalized spacial score (nSPS) is 10.8. The van der Waals surface area contributed by atoms with Gasteiger partial charge in [0, 0.05) is 12.1 Å². The summed E-state index contributed by atoms with van der Waals surface area (Å²) in [6.07, 6.45) is 6.90. The van der Waals surface area contributed by atoms with Crippen molar-refractivity contribution in [1.82, 2.24) is 19.6 Å². The lowest BCUT2D eigenvalue weighted by molar-refractivity contribution is -0.724. The third-order valence-electron chi connectivity index (χ3n) is 2.29. The van der Waals surface area contributed by atoms with Crippen LogP contribution < -0.4 is 10.4 Å². The quantitative estimate of drug-likeness (QED) is 0.578. The van der Waals surface area contributed by atoms with Gasteiger partial charge in [0.25, 0.3) is 0 Å². The molecule has 3 heterocycles. The Bertz CT molecular complexity index is 630. The van der Waals surface area contributed by atoms with Gasteiger partial charge in [-0.1, -0.05) is 15.4 Å². The first-order valence-electron chi connectivity index (χ1n) is 4.77. The van der Waals surface area contributed by atoms with Crippen LogP contribution in [-0.2, 0) is 0 Å². The predicted molar refractivity (Wildman–Crippen MR) is 57.2 cm³/mol. The van der Waals surface area contributed by atoms with Crippen molar-refractivity contribution in [3.8, 4) is 0 Å². The summed E-state index contributed by atoms with van der Waals surface area (Å²) in [6.45, 7) is 0. The molecule has 16 heavy (non-hydrogen) atoms. The number of fused-ring (bicyclic) bond motifs is 1. The standard InChI is InChI=1S/C10H9N6/c11-9-8-10(13-6-12-9)16(7-14-8)15-4-2-1-3-5-15/h1-7H,(H2,11,12,13)/q+1. The molecule has 0 fully saturated rings. The van der Waals surface area contributed by atoms with Gasteiger partial charge in [-0.2, -0.15) is 0 Å². The van der Waals surface area contributed by atoms with E-state index in [9.17, 15) is 0 Å².